The molecule has 5 heteroatoms. The van der Waals surface area contributed by atoms with Crippen molar-refractivity contribution in [2.75, 3.05) is 24.2 Å². The largest absolute Gasteiger partial charge is 0.406 e. The predicted octanol–water partition coefficient (Wildman–Crippen LogP) is 4.40. The summed E-state index contributed by atoms with van der Waals surface area (Å²) in [4.78, 5) is 0. The number of rotatable bonds is 7. The maximum atomic E-state index is 13.5. The molecular formula is C24H29FN2OSi. The van der Waals surface area contributed by atoms with Gasteiger partial charge >= 0.3 is 0 Å². The van der Waals surface area contributed by atoms with Gasteiger partial charge in [0.1, 0.15) is 5.82 Å². The van der Waals surface area contributed by atoms with Crippen LogP contribution in [0.15, 0.2) is 78.9 Å². The minimum absolute atomic E-state index is 0.0758. The number of nitrogens with one attached hydrogen (secondary N) is 1. The highest BCUT2D eigenvalue weighted by atomic mass is 28.4. The van der Waals surface area contributed by atoms with E-state index < -0.39 is 8.32 Å². The van der Waals surface area contributed by atoms with Crippen LogP contribution in [0, 0.1) is 5.82 Å². The minimum atomic E-state index is -2.56. The van der Waals surface area contributed by atoms with Crippen LogP contribution in [0.3, 0.4) is 0 Å². The van der Waals surface area contributed by atoms with Crippen LogP contribution in [0.1, 0.15) is 20.8 Å². The van der Waals surface area contributed by atoms with Crippen molar-refractivity contribution >= 4 is 30.1 Å². The zero-order valence-electron chi connectivity index (χ0n) is 17.3. The van der Waals surface area contributed by atoms with E-state index in [1.165, 1.54) is 22.5 Å². The first kappa shape index (κ1) is 21.1. The zero-order chi connectivity index (χ0) is 20.9. The second-order valence-corrected chi connectivity index (χ2v) is 12.5. The summed E-state index contributed by atoms with van der Waals surface area (Å²) in [6.45, 7) is 7.77. The fourth-order valence-electron chi connectivity index (χ4n) is 3.83. The van der Waals surface area contributed by atoms with E-state index in [1.807, 2.05) is 12.1 Å². The van der Waals surface area contributed by atoms with Gasteiger partial charge in [-0.25, -0.2) is 4.39 Å². The maximum Gasteiger partial charge on any atom is 0.261 e. The first-order valence-electron chi connectivity index (χ1n) is 9.88. The van der Waals surface area contributed by atoms with E-state index in [2.05, 4.69) is 74.6 Å². The minimum Gasteiger partial charge on any atom is -0.406 e. The van der Waals surface area contributed by atoms with Gasteiger partial charge in [0.15, 0.2) is 0 Å². The van der Waals surface area contributed by atoms with E-state index in [1.54, 1.807) is 6.07 Å². The number of benzene rings is 3. The Balaban J connectivity index is 1.89. The van der Waals surface area contributed by atoms with Crippen LogP contribution in [-0.4, -0.2) is 21.5 Å². The summed E-state index contributed by atoms with van der Waals surface area (Å²) in [5, 5.41) is 5.62. The fourth-order valence-corrected chi connectivity index (χ4v) is 8.40. The van der Waals surface area contributed by atoms with E-state index in [-0.39, 0.29) is 10.9 Å². The summed E-state index contributed by atoms with van der Waals surface area (Å²) in [6, 6.07) is 25.4. The molecule has 0 aliphatic heterocycles. The monoisotopic (exact) mass is 408 g/mol. The molecule has 29 heavy (non-hydrogen) atoms. The van der Waals surface area contributed by atoms with Gasteiger partial charge in [0, 0.05) is 6.54 Å². The number of halogens is 1. The molecule has 0 spiro atoms. The molecule has 0 unspecified atom stereocenters. The molecule has 3 aromatic rings. The number of nitrogens with two attached hydrogens (primary N) is 1. The molecule has 3 nitrogen and oxygen atoms in total. The van der Waals surface area contributed by atoms with E-state index >= 15 is 0 Å². The van der Waals surface area contributed by atoms with Crippen LogP contribution in [0.25, 0.3) is 0 Å². The Labute approximate surface area is 173 Å². The van der Waals surface area contributed by atoms with Gasteiger partial charge in [-0.1, -0.05) is 81.4 Å². The predicted molar refractivity (Wildman–Crippen MR) is 123 cm³/mol. The van der Waals surface area contributed by atoms with Crippen molar-refractivity contribution in [2.45, 2.75) is 25.8 Å². The smallest absolute Gasteiger partial charge is 0.261 e. The van der Waals surface area contributed by atoms with Gasteiger partial charge < -0.3 is 15.5 Å². The van der Waals surface area contributed by atoms with E-state index in [4.69, 9.17) is 10.2 Å². The molecule has 0 saturated carbocycles. The Bertz CT molecular complexity index is 887. The molecule has 3 rings (SSSR count). The first-order valence-corrected chi connectivity index (χ1v) is 11.8. The lowest BCUT2D eigenvalue weighted by molar-refractivity contribution is 0.312. The third-order valence-corrected chi connectivity index (χ3v) is 10.2. The van der Waals surface area contributed by atoms with Crippen LogP contribution in [-0.2, 0) is 4.43 Å². The Morgan fingerprint density at radius 3 is 1.97 bits per heavy atom. The van der Waals surface area contributed by atoms with E-state index in [0.29, 0.717) is 24.5 Å². The summed E-state index contributed by atoms with van der Waals surface area (Å²) < 4.78 is 20.3. The maximum absolute atomic E-state index is 13.5. The molecule has 0 amide bonds. The van der Waals surface area contributed by atoms with Crippen LogP contribution in [0.4, 0.5) is 15.8 Å². The SMILES string of the molecule is CC(C)(C)[Si](OCCNc1cc(F)ccc1N)(c1ccccc1)c1ccccc1. The molecule has 0 heterocycles. The van der Waals surface area contributed by atoms with Gasteiger partial charge in [-0.15, -0.1) is 0 Å². The topological polar surface area (TPSA) is 47.3 Å². The molecule has 3 N–H and O–H groups in total. The molecule has 0 aliphatic carbocycles. The van der Waals surface area contributed by atoms with E-state index in [9.17, 15) is 4.39 Å². The lowest BCUT2D eigenvalue weighted by atomic mass is 10.2. The summed E-state index contributed by atoms with van der Waals surface area (Å²) in [5.41, 5.74) is 7.07. The molecule has 152 valence electrons. The van der Waals surface area contributed by atoms with Crippen molar-refractivity contribution in [3.63, 3.8) is 0 Å². The Morgan fingerprint density at radius 2 is 1.45 bits per heavy atom. The average molecular weight is 409 g/mol. The second kappa shape index (κ2) is 8.80. The van der Waals surface area contributed by atoms with Gasteiger partial charge in [0.2, 0.25) is 0 Å². The molecule has 3 aromatic carbocycles. The Hall–Kier alpha value is -2.63. The highest BCUT2D eigenvalue weighted by Crippen LogP contribution is 2.36. The lowest BCUT2D eigenvalue weighted by Crippen LogP contribution is -2.66. The summed E-state index contributed by atoms with van der Waals surface area (Å²) >= 11 is 0. The van der Waals surface area contributed by atoms with Gasteiger partial charge in [-0.3, -0.25) is 0 Å². The molecule has 0 saturated heterocycles. The van der Waals surface area contributed by atoms with Crippen molar-refractivity contribution in [2.24, 2.45) is 0 Å². The first-order chi connectivity index (χ1) is 13.8. The zero-order valence-corrected chi connectivity index (χ0v) is 18.3. The van der Waals surface area contributed by atoms with Gasteiger partial charge in [-0.05, 0) is 33.6 Å². The number of hydrogen-bond acceptors (Lipinski definition) is 3. The normalized spacial score (nSPS) is 12.0. The van der Waals surface area contributed by atoms with Crippen molar-refractivity contribution in [1.29, 1.82) is 0 Å². The summed E-state index contributed by atoms with van der Waals surface area (Å²) in [6.07, 6.45) is 0. The molecular weight excluding hydrogens is 379 g/mol. The Kier molecular flexibility index (Phi) is 6.40. The number of nitrogen functional groups attached to an aromatic ring is 1. The van der Waals surface area contributed by atoms with Gasteiger partial charge in [-0.2, -0.15) is 0 Å². The van der Waals surface area contributed by atoms with Crippen LogP contribution in [0.2, 0.25) is 5.04 Å². The number of hydrogen-bond donors (Lipinski definition) is 2. The van der Waals surface area contributed by atoms with Crippen LogP contribution in [0.5, 0.6) is 0 Å². The molecule has 0 aromatic heterocycles. The van der Waals surface area contributed by atoms with Gasteiger partial charge in [0.05, 0.1) is 18.0 Å². The molecule has 0 atom stereocenters. The van der Waals surface area contributed by atoms with Crippen LogP contribution < -0.4 is 21.4 Å². The third kappa shape index (κ3) is 4.52. The Morgan fingerprint density at radius 1 is 0.897 bits per heavy atom. The second-order valence-electron chi connectivity index (χ2n) is 8.17. The molecule has 0 bridgehead atoms. The van der Waals surface area contributed by atoms with Crippen molar-refractivity contribution in [3.05, 3.63) is 84.7 Å². The molecule has 0 aliphatic rings. The summed E-state index contributed by atoms with van der Waals surface area (Å²) in [7, 11) is -2.56. The summed E-state index contributed by atoms with van der Waals surface area (Å²) in [5.74, 6) is -0.311. The highest BCUT2D eigenvalue weighted by Gasteiger charge is 2.49. The third-order valence-electron chi connectivity index (χ3n) is 5.17. The quantitative estimate of drug-likeness (QED) is 0.346. The van der Waals surface area contributed by atoms with Crippen molar-refractivity contribution in [3.8, 4) is 0 Å². The molecule has 0 radical (unpaired) electrons. The number of anilines is 2. The van der Waals surface area contributed by atoms with Gasteiger partial charge in [0.25, 0.3) is 8.32 Å². The standard InChI is InChI=1S/C24H29FN2OSi/c1-24(2,3)29(20-10-6-4-7-11-20,21-12-8-5-9-13-21)28-17-16-27-23-18-19(25)14-15-22(23)26/h4-15,18,27H,16-17,26H2,1-3H3. The van der Waals surface area contributed by atoms with Crippen molar-refractivity contribution < 1.29 is 8.82 Å². The van der Waals surface area contributed by atoms with Crippen molar-refractivity contribution in [1.82, 2.24) is 0 Å². The van der Waals surface area contributed by atoms with Crippen LogP contribution >= 0.6 is 0 Å². The molecule has 0 fully saturated rings. The lowest BCUT2D eigenvalue weighted by Gasteiger charge is -2.43. The average Bonchev–Trinajstić information content (AvgIpc) is 2.71. The fraction of sp³-hybridized carbons (Fsp3) is 0.250. The van der Waals surface area contributed by atoms with E-state index in [0.717, 1.165) is 0 Å². The highest BCUT2D eigenvalue weighted by molar-refractivity contribution is 6.99.